The van der Waals surface area contributed by atoms with Crippen molar-refractivity contribution >= 4 is 35.6 Å². The van der Waals surface area contributed by atoms with E-state index < -0.39 is 53.8 Å². The van der Waals surface area contributed by atoms with Crippen molar-refractivity contribution in [3.05, 3.63) is 0 Å². The van der Waals surface area contributed by atoms with Gasteiger partial charge in [0.25, 0.3) is 0 Å². The lowest BCUT2D eigenvalue weighted by Crippen LogP contribution is -2.31. The summed E-state index contributed by atoms with van der Waals surface area (Å²) >= 11 is 0. The molecule has 0 saturated carbocycles. The Labute approximate surface area is 171 Å². The van der Waals surface area contributed by atoms with E-state index in [9.17, 15) is 28.8 Å². The van der Waals surface area contributed by atoms with Crippen LogP contribution in [0.4, 0.5) is 0 Å². The van der Waals surface area contributed by atoms with Gasteiger partial charge in [-0.2, -0.15) is 0 Å². The number of rotatable bonds is 12. The number of carboxylic acids is 3. The van der Waals surface area contributed by atoms with Crippen molar-refractivity contribution < 1.29 is 44.1 Å². The summed E-state index contributed by atoms with van der Waals surface area (Å²) in [4.78, 5) is 60.4. The van der Waals surface area contributed by atoms with Crippen molar-refractivity contribution in [1.29, 1.82) is 0 Å². The number of carboxylic acid groups (broad SMARTS) is 3. The van der Waals surface area contributed by atoms with Gasteiger partial charge in [-0.25, -0.2) is 0 Å². The van der Waals surface area contributed by atoms with Crippen LogP contribution in [0.1, 0.15) is 38.5 Å². The van der Waals surface area contributed by atoms with Crippen LogP contribution in [0.5, 0.6) is 0 Å². The van der Waals surface area contributed by atoms with Crippen LogP contribution in [0.2, 0.25) is 0 Å². The summed E-state index contributed by atoms with van der Waals surface area (Å²) in [5.41, 5.74) is 29.4. The minimum Gasteiger partial charge on any atom is -0.480 e. The molecule has 0 heterocycles. The van der Waals surface area contributed by atoms with Crippen molar-refractivity contribution in [2.75, 3.05) is 0 Å². The van der Waals surface area contributed by atoms with Crippen LogP contribution in [0.3, 0.4) is 0 Å². The number of nitrogens with two attached hydrogens (primary N) is 6. The molecule has 3 amide bonds. The first-order valence-corrected chi connectivity index (χ1v) is 8.41. The van der Waals surface area contributed by atoms with Crippen LogP contribution in [0.25, 0.3) is 0 Å². The fourth-order valence-corrected chi connectivity index (χ4v) is 1.26. The Balaban J connectivity index is -0.000000364. The second kappa shape index (κ2) is 17.8. The van der Waals surface area contributed by atoms with E-state index >= 15 is 0 Å². The molecule has 174 valence electrons. The molecule has 0 aliphatic heterocycles. The lowest BCUT2D eigenvalue weighted by atomic mass is 10.2. The van der Waals surface area contributed by atoms with Gasteiger partial charge >= 0.3 is 17.9 Å². The molecule has 0 aromatic carbocycles. The molecule has 0 radical (unpaired) electrons. The van der Waals surface area contributed by atoms with Gasteiger partial charge < -0.3 is 49.7 Å². The quantitative estimate of drug-likeness (QED) is 0.141. The average molecular weight is 438 g/mol. The number of hydrogen-bond donors (Lipinski definition) is 9. The largest absolute Gasteiger partial charge is 0.480 e. The van der Waals surface area contributed by atoms with Crippen LogP contribution < -0.4 is 34.4 Å². The molecule has 0 spiro atoms. The zero-order valence-electron chi connectivity index (χ0n) is 16.2. The molecule has 3 unspecified atom stereocenters. The summed E-state index contributed by atoms with van der Waals surface area (Å²) in [5, 5.41) is 24.7. The highest BCUT2D eigenvalue weighted by Gasteiger charge is 2.12. The molecular weight excluding hydrogens is 408 g/mol. The third-order valence-corrected chi connectivity index (χ3v) is 3.06. The zero-order valence-corrected chi connectivity index (χ0v) is 16.2. The summed E-state index contributed by atoms with van der Waals surface area (Å²) in [6.07, 6.45) is 0.369. The molecule has 3 atom stereocenters. The smallest absolute Gasteiger partial charge is 0.320 e. The molecule has 0 saturated heterocycles. The Kier molecular flexibility index (Phi) is 18.6. The average Bonchev–Trinajstić information content (AvgIpc) is 2.62. The van der Waals surface area contributed by atoms with Crippen LogP contribution >= 0.6 is 0 Å². The molecular formula is C15H30N6O9. The maximum absolute atomic E-state index is 10.1. The second-order valence-electron chi connectivity index (χ2n) is 5.85. The summed E-state index contributed by atoms with van der Waals surface area (Å²) in [6.45, 7) is 0. The van der Waals surface area contributed by atoms with Gasteiger partial charge in [-0.1, -0.05) is 0 Å². The van der Waals surface area contributed by atoms with Crippen molar-refractivity contribution in [3.8, 4) is 0 Å². The number of carbonyl (C=O) groups is 6. The summed E-state index contributed by atoms with van der Waals surface area (Å²) in [7, 11) is 0. The molecule has 15 nitrogen and oxygen atoms in total. The van der Waals surface area contributed by atoms with Gasteiger partial charge in [0.05, 0.1) is 0 Å². The lowest BCUT2D eigenvalue weighted by molar-refractivity contribution is -0.139. The standard InChI is InChI=1S/3C5H10N2O3/c3*6-3(5(9)10)1-2-4(7)8/h3*3H,1-2,6H2,(H2,7,8)(H,9,10). The summed E-state index contributed by atoms with van der Waals surface area (Å²) in [6, 6.07) is -2.94. The minimum absolute atomic E-state index is 0.0213. The Hall–Kier alpha value is -3.30. The Morgan fingerprint density at radius 3 is 0.767 bits per heavy atom. The van der Waals surface area contributed by atoms with E-state index in [-0.39, 0.29) is 38.5 Å². The monoisotopic (exact) mass is 438 g/mol. The molecule has 15 heteroatoms. The van der Waals surface area contributed by atoms with Gasteiger partial charge in [0, 0.05) is 19.3 Å². The van der Waals surface area contributed by atoms with Crippen molar-refractivity contribution in [2.45, 2.75) is 56.7 Å². The van der Waals surface area contributed by atoms with Crippen LogP contribution in [-0.4, -0.2) is 69.1 Å². The number of amides is 3. The van der Waals surface area contributed by atoms with E-state index in [1.807, 2.05) is 0 Å². The van der Waals surface area contributed by atoms with E-state index in [2.05, 4.69) is 0 Å². The van der Waals surface area contributed by atoms with E-state index in [1.165, 1.54) is 0 Å². The normalized spacial score (nSPS) is 12.5. The molecule has 0 aliphatic carbocycles. The molecule has 0 aromatic heterocycles. The Morgan fingerprint density at radius 1 is 0.500 bits per heavy atom. The van der Waals surface area contributed by atoms with Crippen molar-refractivity contribution in [1.82, 2.24) is 0 Å². The van der Waals surface area contributed by atoms with Gasteiger partial charge in [0.2, 0.25) is 17.7 Å². The van der Waals surface area contributed by atoms with Crippen LogP contribution in [0, 0.1) is 0 Å². The minimum atomic E-state index is -1.11. The molecule has 0 aliphatic rings. The Bertz CT molecular complexity index is 518. The van der Waals surface area contributed by atoms with Gasteiger partial charge in [-0.3, -0.25) is 28.8 Å². The molecule has 0 rings (SSSR count). The first-order valence-electron chi connectivity index (χ1n) is 8.41. The molecule has 15 N–H and O–H groups in total. The molecule has 30 heavy (non-hydrogen) atoms. The second-order valence-corrected chi connectivity index (χ2v) is 5.85. The first kappa shape index (κ1) is 31.4. The maximum Gasteiger partial charge on any atom is 0.320 e. The number of primary amides is 3. The predicted molar refractivity (Wildman–Crippen MR) is 102 cm³/mol. The van der Waals surface area contributed by atoms with Gasteiger partial charge in [0.1, 0.15) is 18.1 Å². The Morgan fingerprint density at radius 2 is 0.667 bits per heavy atom. The van der Waals surface area contributed by atoms with Crippen molar-refractivity contribution in [2.24, 2.45) is 34.4 Å². The molecule has 0 bridgehead atoms. The summed E-state index contributed by atoms with van der Waals surface area (Å²) < 4.78 is 0. The van der Waals surface area contributed by atoms with E-state index in [1.54, 1.807) is 0 Å². The lowest BCUT2D eigenvalue weighted by Gasteiger charge is -2.01. The highest BCUT2D eigenvalue weighted by Crippen LogP contribution is 1.93. The third kappa shape index (κ3) is 24.7. The van der Waals surface area contributed by atoms with Crippen molar-refractivity contribution in [3.63, 3.8) is 0 Å². The van der Waals surface area contributed by atoms with Crippen LogP contribution in [-0.2, 0) is 28.8 Å². The number of carbonyl (C=O) groups excluding carboxylic acids is 3. The first-order chi connectivity index (χ1) is 13.6. The van der Waals surface area contributed by atoms with Crippen LogP contribution in [0.15, 0.2) is 0 Å². The van der Waals surface area contributed by atoms with Gasteiger partial charge in [-0.05, 0) is 19.3 Å². The van der Waals surface area contributed by atoms with E-state index in [0.717, 1.165) is 0 Å². The topological polar surface area (TPSA) is 319 Å². The number of aliphatic carboxylic acids is 3. The van der Waals surface area contributed by atoms with E-state index in [4.69, 9.17) is 49.7 Å². The van der Waals surface area contributed by atoms with Gasteiger partial charge in [-0.15, -0.1) is 0 Å². The third-order valence-electron chi connectivity index (χ3n) is 3.06. The number of hydrogen-bond acceptors (Lipinski definition) is 9. The zero-order chi connectivity index (χ0) is 24.4. The highest BCUT2D eigenvalue weighted by molar-refractivity contribution is 5.78. The molecule has 0 aromatic rings. The fourth-order valence-electron chi connectivity index (χ4n) is 1.26. The summed E-state index contributed by atoms with van der Waals surface area (Å²) in [5.74, 6) is -4.92. The van der Waals surface area contributed by atoms with E-state index in [0.29, 0.717) is 0 Å². The SMILES string of the molecule is NC(=O)CCC(N)C(=O)O.NC(=O)CCC(N)C(=O)O.NC(=O)CCC(N)C(=O)O. The predicted octanol–water partition coefficient (Wildman–Crippen LogP) is -4.01. The maximum atomic E-state index is 10.1. The fraction of sp³-hybridized carbons (Fsp3) is 0.600. The molecule has 0 fully saturated rings. The van der Waals surface area contributed by atoms with Gasteiger partial charge in [0.15, 0.2) is 0 Å². The highest BCUT2D eigenvalue weighted by atomic mass is 16.4.